The molecule has 2 amide bonds. The van der Waals surface area contributed by atoms with Gasteiger partial charge in [-0.05, 0) is 25.3 Å². The maximum Gasteiger partial charge on any atom is 0.244 e. The lowest BCUT2D eigenvalue weighted by Crippen LogP contribution is -2.53. The normalized spacial score (nSPS) is 18.2. The van der Waals surface area contributed by atoms with E-state index in [9.17, 15) is 9.59 Å². The van der Waals surface area contributed by atoms with Gasteiger partial charge in [-0.25, -0.2) is 0 Å². The molecule has 1 atom stereocenters. The van der Waals surface area contributed by atoms with Gasteiger partial charge >= 0.3 is 0 Å². The predicted molar refractivity (Wildman–Crippen MR) is 97.8 cm³/mol. The molecule has 0 bridgehead atoms. The molecule has 1 saturated carbocycles. The maximum atomic E-state index is 12.6. The summed E-state index contributed by atoms with van der Waals surface area (Å²) in [6, 6.07) is 9.30. The minimum atomic E-state index is -1.11. The summed E-state index contributed by atoms with van der Waals surface area (Å²) in [7, 11) is 3.53. The van der Waals surface area contributed by atoms with Crippen LogP contribution in [0.3, 0.4) is 0 Å². The number of amides is 2. The Hall–Kier alpha value is -1.59. The van der Waals surface area contributed by atoms with Crippen molar-refractivity contribution in [3.8, 4) is 0 Å². The van der Waals surface area contributed by atoms with Crippen molar-refractivity contribution in [3.05, 3.63) is 35.9 Å². The van der Waals surface area contributed by atoms with Crippen molar-refractivity contribution in [3.63, 3.8) is 0 Å². The summed E-state index contributed by atoms with van der Waals surface area (Å²) in [5, 5.41) is 2.93. The average molecular weight is 354 g/mol. The molecule has 0 saturated heterocycles. The van der Waals surface area contributed by atoms with Crippen LogP contribution in [0.2, 0.25) is 0 Å². The lowest BCUT2D eigenvalue weighted by molar-refractivity contribution is -0.139. The lowest BCUT2D eigenvalue weighted by Gasteiger charge is -2.32. The van der Waals surface area contributed by atoms with Crippen molar-refractivity contribution in [1.29, 1.82) is 0 Å². The second-order valence-corrected chi connectivity index (χ2v) is 6.94. The van der Waals surface area contributed by atoms with E-state index in [1.165, 1.54) is 0 Å². The zero-order chi connectivity index (χ0) is 17.1. The van der Waals surface area contributed by atoms with E-state index in [1.807, 2.05) is 30.3 Å². The first-order chi connectivity index (χ1) is 10.8. The van der Waals surface area contributed by atoms with Gasteiger partial charge in [-0.1, -0.05) is 43.2 Å². The summed E-state index contributed by atoms with van der Waals surface area (Å²) in [6.07, 6.45) is 3.68. The number of nitrogens with two attached hydrogens (primary N) is 1. The summed E-state index contributed by atoms with van der Waals surface area (Å²) >= 11 is 0. The Labute approximate surface area is 150 Å². The maximum absolute atomic E-state index is 12.6. The van der Waals surface area contributed by atoms with E-state index in [0.29, 0.717) is 6.54 Å². The van der Waals surface area contributed by atoms with Gasteiger partial charge in [0.15, 0.2) is 0 Å². The van der Waals surface area contributed by atoms with Crippen molar-refractivity contribution in [2.45, 2.75) is 38.1 Å². The van der Waals surface area contributed by atoms with E-state index in [1.54, 1.807) is 25.9 Å². The number of nitrogens with one attached hydrogen (secondary N) is 1. The number of hydrogen-bond donors (Lipinski definition) is 2. The summed E-state index contributed by atoms with van der Waals surface area (Å²) in [5.74, 6) is -0.157. The zero-order valence-electron chi connectivity index (χ0n) is 14.7. The van der Waals surface area contributed by atoms with Crippen LogP contribution in [0, 0.1) is 5.41 Å². The van der Waals surface area contributed by atoms with E-state index in [-0.39, 0.29) is 24.2 Å². The number of benzene rings is 1. The molecule has 1 aromatic carbocycles. The molecule has 1 unspecified atom stereocenters. The largest absolute Gasteiger partial charge is 0.353 e. The van der Waals surface area contributed by atoms with E-state index in [0.717, 1.165) is 31.2 Å². The second-order valence-electron chi connectivity index (χ2n) is 6.94. The molecule has 1 fully saturated rings. The Morgan fingerprint density at radius 3 is 2.25 bits per heavy atom. The van der Waals surface area contributed by atoms with E-state index in [2.05, 4.69) is 5.32 Å². The summed E-state index contributed by atoms with van der Waals surface area (Å²) < 4.78 is 0. The monoisotopic (exact) mass is 353 g/mol. The first kappa shape index (κ1) is 20.5. The molecule has 1 aromatic rings. The number of carbonyl (C=O) groups excluding carboxylic acids is 2. The fourth-order valence-corrected chi connectivity index (χ4v) is 3.34. The van der Waals surface area contributed by atoms with Gasteiger partial charge in [0, 0.05) is 20.6 Å². The van der Waals surface area contributed by atoms with E-state index >= 15 is 0 Å². The molecule has 0 radical (unpaired) electrons. The summed E-state index contributed by atoms with van der Waals surface area (Å²) in [4.78, 5) is 26.8. The molecule has 2 rings (SSSR count). The predicted octanol–water partition coefficient (Wildman–Crippen LogP) is 2.05. The smallest absolute Gasteiger partial charge is 0.244 e. The van der Waals surface area contributed by atoms with Crippen LogP contribution in [0.5, 0.6) is 0 Å². The molecule has 1 aliphatic carbocycles. The molecule has 0 spiro atoms. The molecule has 6 heteroatoms. The molecule has 0 heterocycles. The minimum absolute atomic E-state index is 0. The molecular weight excluding hydrogens is 326 g/mol. The third kappa shape index (κ3) is 4.08. The fraction of sp³-hybridized carbons (Fsp3) is 0.556. The Bertz CT molecular complexity index is 567. The highest BCUT2D eigenvalue weighted by Gasteiger charge is 2.43. The van der Waals surface area contributed by atoms with Gasteiger partial charge in [-0.2, -0.15) is 0 Å². The minimum Gasteiger partial charge on any atom is -0.353 e. The Morgan fingerprint density at radius 1 is 1.21 bits per heavy atom. The second kappa shape index (κ2) is 7.99. The van der Waals surface area contributed by atoms with Gasteiger partial charge in [-0.15, -0.1) is 12.4 Å². The summed E-state index contributed by atoms with van der Waals surface area (Å²) in [5.41, 5.74) is 5.41. The Balaban J connectivity index is 0.00000288. The molecule has 134 valence electrons. The molecule has 1 aliphatic rings. The lowest BCUT2D eigenvalue weighted by atomic mass is 9.84. The highest BCUT2D eigenvalue weighted by atomic mass is 35.5. The van der Waals surface area contributed by atoms with E-state index in [4.69, 9.17) is 5.73 Å². The van der Waals surface area contributed by atoms with Gasteiger partial charge in [0.25, 0.3) is 0 Å². The van der Waals surface area contributed by atoms with Crippen LogP contribution in [0.25, 0.3) is 0 Å². The number of rotatable bonds is 5. The van der Waals surface area contributed by atoms with Crippen LogP contribution in [-0.2, 0) is 15.1 Å². The van der Waals surface area contributed by atoms with Crippen molar-refractivity contribution in [1.82, 2.24) is 10.2 Å². The van der Waals surface area contributed by atoms with E-state index < -0.39 is 11.0 Å². The van der Waals surface area contributed by atoms with Gasteiger partial charge in [-0.3, -0.25) is 9.59 Å². The van der Waals surface area contributed by atoms with Crippen LogP contribution >= 0.6 is 12.4 Å². The topological polar surface area (TPSA) is 75.4 Å². The van der Waals surface area contributed by atoms with Crippen LogP contribution in [-0.4, -0.2) is 37.4 Å². The Morgan fingerprint density at radius 2 is 1.75 bits per heavy atom. The number of carbonyl (C=O) groups is 2. The molecule has 3 N–H and O–H groups in total. The van der Waals surface area contributed by atoms with Crippen molar-refractivity contribution < 1.29 is 9.59 Å². The standard InChI is InChI=1S/C18H27N3O2.ClH/c1-17(19,14-9-5-4-6-10-14)15(22)20-13-18(11-7-8-12-18)16(23)21(2)3;/h4-6,9-10H,7-8,11-13,19H2,1-3H3,(H,20,22);1H. The van der Waals surface area contributed by atoms with Crippen molar-refractivity contribution in [2.24, 2.45) is 11.1 Å². The number of hydrogen-bond acceptors (Lipinski definition) is 3. The molecule has 0 aromatic heterocycles. The van der Waals surface area contributed by atoms with Crippen LogP contribution in [0.15, 0.2) is 30.3 Å². The number of nitrogens with zero attached hydrogens (tertiary/aromatic N) is 1. The molecule has 0 aliphatic heterocycles. The Kier molecular flexibility index (Phi) is 6.81. The zero-order valence-corrected chi connectivity index (χ0v) is 15.5. The molecule has 5 nitrogen and oxygen atoms in total. The molecular formula is C18H28ClN3O2. The van der Waals surface area contributed by atoms with Crippen LogP contribution < -0.4 is 11.1 Å². The van der Waals surface area contributed by atoms with Gasteiger partial charge < -0.3 is 16.0 Å². The summed E-state index contributed by atoms with van der Waals surface area (Å²) in [6.45, 7) is 2.05. The fourth-order valence-electron chi connectivity index (χ4n) is 3.34. The van der Waals surface area contributed by atoms with Crippen molar-refractivity contribution >= 4 is 24.2 Å². The highest BCUT2D eigenvalue weighted by Crippen LogP contribution is 2.39. The number of halogens is 1. The quantitative estimate of drug-likeness (QED) is 0.850. The first-order valence-electron chi connectivity index (χ1n) is 8.14. The molecule has 24 heavy (non-hydrogen) atoms. The average Bonchev–Trinajstić information content (AvgIpc) is 3.02. The SMILES string of the molecule is CN(C)C(=O)C1(CNC(=O)C(C)(N)c2ccccc2)CCCC1.Cl. The third-order valence-electron chi connectivity index (χ3n) is 4.85. The van der Waals surface area contributed by atoms with Crippen LogP contribution in [0.1, 0.15) is 38.2 Å². The van der Waals surface area contributed by atoms with Crippen molar-refractivity contribution in [2.75, 3.05) is 20.6 Å². The highest BCUT2D eigenvalue weighted by molar-refractivity contribution is 5.88. The van der Waals surface area contributed by atoms with Gasteiger partial charge in [0.2, 0.25) is 11.8 Å². The third-order valence-corrected chi connectivity index (χ3v) is 4.85. The van der Waals surface area contributed by atoms with Gasteiger partial charge in [0.05, 0.1) is 5.41 Å². The van der Waals surface area contributed by atoms with Gasteiger partial charge in [0.1, 0.15) is 5.54 Å². The van der Waals surface area contributed by atoms with Crippen LogP contribution in [0.4, 0.5) is 0 Å². The first-order valence-corrected chi connectivity index (χ1v) is 8.14.